The maximum atomic E-state index is 14.0. The first-order chi connectivity index (χ1) is 18.1. The van der Waals surface area contributed by atoms with Gasteiger partial charge in [-0.3, -0.25) is 4.79 Å². The number of hydrogen-bond donors (Lipinski definition) is 0. The monoisotopic (exact) mass is 526 g/mol. The lowest BCUT2D eigenvalue weighted by Crippen LogP contribution is -2.39. The molecule has 0 saturated carbocycles. The van der Waals surface area contributed by atoms with E-state index in [4.69, 9.17) is 14.2 Å². The highest BCUT2D eigenvalue weighted by atomic mass is 19.4. The number of carbonyl (C=O) groups is 1. The van der Waals surface area contributed by atoms with E-state index in [1.807, 2.05) is 19.1 Å². The van der Waals surface area contributed by atoms with Crippen LogP contribution >= 0.6 is 0 Å². The maximum absolute atomic E-state index is 14.0. The Labute approximate surface area is 216 Å². The van der Waals surface area contributed by atoms with Gasteiger partial charge in [0.25, 0.3) is 5.91 Å². The Kier molecular flexibility index (Phi) is 6.38. The van der Waals surface area contributed by atoms with Crippen LogP contribution < -0.4 is 14.2 Å². The maximum Gasteiger partial charge on any atom is 0.433 e. The standard InChI is InChI=1S/C27H25F3N4O4/c1-15-19-12-23(38-4)22(37-3)11-17(19)9-10-33(15)26(35)21-14-25-31-20(16-5-7-18(36-2)8-6-16)13-24(27(28,29)30)34(25)32-21/h5-8,11-15H,9-10H2,1-4H3. The molecule has 2 aromatic carbocycles. The first-order valence-electron chi connectivity index (χ1n) is 11.8. The Morgan fingerprint density at radius 3 is 2.29 bits per heavy atom. The molecule has 0 spiro atoms. The molecule has 0 N–H and O–H groups in total. The third-order valence-electron chi connectivity index (χ3n) is 6.77. The highest BCUT2D eigenvalue weighted by Crippen LogP contribution is 2.39. The summed E-state index contributed by atoms with van der Waals surface area (Å²) in [6.07, 6.45) is -4.17. The van der Waals surface area contributed by atoms with E-state index in [1.54, 1.807) is 36.3 Å². The number of halogens is 3. The number of alkyl halides is 3. The summed E-state index contributed by atoms with van der Waals surface area (Å²) in [7, 11) is 4.59. The molecule has 0 fully saturated rings. The third-order valence-corrected chi connectivity index (χ3v) is 6.77. The number of fused-ring (bicyclic) bond motifs is 2. The van der Waals surface area contributed by atoms with E-state index < -0.39 is 17.8 Å². The van der Waals surface area contributed by atoms with Crippen LogP contribution in [0.2, 0.25) is 0 Å². The van der Waals surface area contributed by atoms with Gasteiger partial charge in [0, 0.05) is 18.2 Å². The molecular weight excluding hydrogens is 501 g/mol. The lowest BCUT2D eigenvalue weighted by molar-refractivity contribution is -0.142. The molecule has 198 valence electrons. The minimum atomic E-state index is -4.72. The summed E-state index contributed by atoms with van der Waals surface area (Å²) in [6, 6.07) is 12.1. The van der Waals surface area contributed by atoms with Gasteiger partial charge < -0.3 is 19.1 Å². The molecule has 3 heterocycles. The second-order valence-electron chi connectivity index (χ2n) is 8.88. The fourth-order valence-corrected chi connectivity index (χ4v) is 4.76. The van der Waals surface area contributed by atoms with Crippen LogP contribution in [0.3, 0.4) is 0 Å². The average Bonchev–Trinajstić information content (AvgIpc) is 3.35. The number of ether oxygens (including phenoxy) is 3. The Morgan fingerprint density at radius 2 is 1.66 bits per heavy atom. The minimum absolute atomic E-state index is 0.0783. The molecule has 2 aromatic heterocycles. The van der Waals surface area contributed by atoms with Crippen molar-refractivity contribution in [3.63, 3.8) is 0 Å². The lowest BCUT2D eigenvalue weighted by atomic mass is 9.92. The number of aromatic nitrogens is 3. The van der Waals surface area contributed by atoms with Crippen molar-refractivity contribution in [1.82, 2.24) is 19.5 Å². The van der Waals surface area contributed by atoms with Gasteiger partial charge in [0.15, 0.2) is 28.5 Å². The summed E-state index contributed by atoms with van der Waals surface area (Å²) in [5.41, 5.74) is 1.24. The predicted octanol–water partition coefficient (Wildman–Crippen LogP) is 5.20. The average molecular weight is 527 g/mol. The van der Waals surface area contributed by atoms with Crippen LogP contribution in [0, 0.1) is 0 Å². The molecule has 0 radical (unpaired) electrons. The van der Waals surface area contributed by atoms with Crippen LogP contribution in [0.5, 0.6) is 17.2 Å². The smallest absolute Gasteiger partial charge is 0.433 e. The van der Waals surface area contributed by atoms with Crippen LogP contribution in [-0.4, -0.2) is 53.3 Å². The van der Waals surface area contributed by atoms with Crippen LogP contribution in [0.1, 0.15) is 40.3 Å². The van der Waals surface area contributed by atoms with E-state index >= 15 is 0 Å². The van der Waals surface area contributed by atoms with Crippen molar-refractivity contribution in [2.75, 3.05) is 27.9 Å². The van der Waals surface area contributed by atoms with Gasteiger partial charge in [-0.05, 0) is 66.9 Å². The fraction of sp³-hybridized carbons (Fsp3) is 0.296. The van der Waals surface area contributed by atoms with Crippen LogP contribution in [0.25, 0.3) is 16.9 Å². The molecule has 11 heteroatoms. The van der Waals surface area contributed by atoms with E-state index in [1.165, 1.54) is 20.3 Å². The van der Waals surface area contributed by atoms with Crippen molar-refractivity contribution >= 4 is 11.6 Å². The molecule has 1 atom stereocenters. The zero-order chi connectivity index (χ0) is 27.2. The number of nitrogens with zero attached hydrogens (tertiary/aromatic N) is 4. The fourth-order valence-electron chi connectivity index (χ4n) is 4.76. The molecule has 0 saturated heterocycles. The lowest BCUT2D eigenvalue weighted by Gasteiger charge is -2.35. The largest absolute Gasteiger partial charge is 0.497 e. The molecule has 0 bridgehead atoms. The Hall–Kier alpha value is -4.28. The van der Waals surface area contributed by atoms with Gasteiger partial charge in [0.2, 0.25) is 0 Å². The molecule has 1 aliphatic heterocycles. The quantitative estimate of drug-likeness (QED) is 0.356. The van der Waals surface area contributed by atoms with Gasteiger partial charge in [0.05, 0.1) is 33.1 Å². The number of amides is 1. The normalized spacial score (nSPS) is 15.3. The van der Waals surface area contributed by atoms with E-state index in [0.717, 1.165) is 17.2 Å². The summed E-state index contributed by atoms with van der Waals surface area (Å²) in [6.45, 7) is 2.23. The zero-order valence-corrected chi connectivity index (χ0v) is 21.2. The van der Waals surface area contributed by atoms with E-state index in [2.05, 4.69) is 10.1 Å². The van der Waals surface area contributed by atoms with Crippen LogP contribution in [-0.2, 0) is 12.6 Å². The summed E-state index contributed by atoms with van der Waals surface area (Å²) in [5.74, 6) is 1.21. The van der Waals surface area contributed by atoms with E-state index in [-0.39, 0.29) is 23.1 Å². The Bertz CT molecular complexity index is 1520. The summed E-state index contributed by atoms with van der Waals surface area (Å²) < 4.78 is 58.7. The number of rotatable bonds is 5. The number of benzene rings is 2. The molecule has 1 unspecified atom stereocenters. The van der Waals surface area contributed by atoms with Crippen LogP contribution in [0.4, 0.5) is 13.2 Å². The van der Waals surface area contributed by atoms with Crippen molar-refractivity contribution in [1.29, 1.82) is 0 Å². The highest BCUT2D eigenvalue weighted by Gasteiger charge is 2.37. The molecule has 8 nitrogen and oxygen atoms in total. The first kappa shape index (κ1) is 25.4. The topological polar surface area (TPSA) is 78.2 Å². The van der Waals surface area contributed by atoms with Gasteiger partial charge in [-0.15, -0.1) is 0 Å². The summed E-state index contributed by atoms with van der Waals surface area (Å²) in [5, 5.41) is 4.05. The highest BCUT2D eigenvalue weighted by molar-refractivity contribution is 5.94. The number of hydrogen-bond acceptors (Lipinski definition) is 6. The van der Waals surface area contributed by atoms with Gasteiger partial charge in [-0.25, -0.2) is 9.50 Å². The summed E-state index contributed by atoms with van der Waals surface area (Å²) >= 11 is 0. The molecule has 0 aliphatic carbocycles. The van der Waals surface area contributed by atoms with Gasteiger partial charge in [-0.2, -0.15) is 18.3 Å². The van der Waals surface area contributed by atoms with Crippen molar-refractivity contribution in [3.8, 4) is 28.5 Å². The van der Waals surface area contributed by atoms with Gasteiger partial charge in [-0.1, -0.05) is 0 Å². The number of carbonyl (C=O) groups excluding carboxylic acids is 1. The van der Waals surface area contributed by atoms with Crippen molar-refractivity contribution < 1.29 is 32.2 Å². The first-order valence-corrected chi connectivity index (χ1v) is 11.8. The minimum Gasteiger partial charge on any atom is -0.497 e. The van der Waals surface area contributed by atoms with Crippen molar-refractivity contribution in [2.24, 2.45) is 0 Å². The zero-order valence-electron chi connectivity index (χ0n) is 21.2. The third kappa shape index (κ3) is 4.37. The SMILES string of the molecule is COc1ccc(-c2cc(C(F)(F)F)n3nc(C(=O)N4CCc5cc(OC)c(OC)cc5C4C)cc3n2)cc1. The number of methoxy groups -OCH3 is 3. The van der Waals surface area contributed by atoms with Gasteiger partial charge in [0.1, 0.15) is 5.75 Å². The second-order valence-corrected chi connectivity index (χ2v) is 8.88. The van der Waals surface area contributed by atoms with E-state index in [0.29, 0.717) is 40.3 Å². The molecule has 5 rings (SSSR count). The molecule has 1 aliphatic rings. The van der Waals surface area contributed by atoms with E-state index in [9.17, 15) is 18.0 Å². The van der Waals surface area contributed by atoms with Gasteiger partial charge >= 0.3 is 6.18 Å². The van der Waals surface area contributed by atoms with Crippen molar-refractivity contribution in [3.05, 3.63) is 71.0 Å². The molecule has 1 amide bonds. The summed E-state index contributed by atoms with van der Waals surface area (Å²) in [4.78, 5) is 19.5. The molecule has 38 heavy (non-hydrogen) atoms. The second kappa shape index (κ2) is 9.55. The molecule has 4 aromatic rings. The molecular formula is C27H25F3N4O4. The Balaban J connectivity index is 1.53. The predicted molar refractivity (Wildman–Crippen MR) is 133 cm³/mol. The van der Waals surface area contributed by atoms with Crippen molar-refractivity contribution in [2.45, 2.75) is 25.6 Å². The van der Waals surface area contributed by atoms with Crippen LogP contribution in [0.15, 0.2) is 48.5 Å². The Morgan fingerprint density at radius 1 is 0.974 bits per heavy atom.